The van der Waals surface area contributed by atoms with Crippen LogP contribution in [0.25, 0.3) is 11.1 Å². The van der Waals surface area contributed by atoms with E-state index >= 15 is 0 Å². The summed E-state index contributed by atoms with van der Waals surface area (Å²) in [5, 5.41) is 15.7. The number of hydrogen-bond donors (Lipinski definition) is 2. The van der Waals surface area contributed by atoms with Crippen LogP contribution >= 0.6 is 0 Å². The molecule has 3 aromatic carbocycles. The highest BCUT2D eigenvalue weighted by Gasteiger charge is 2.25. The average molecular weight is 597 g/mol. The fourth-order valence-corrected chi connectivity index (χ4v) is 5.16. The van der Waals surface area contributed by atoms with Gasteiger partial charge in [-0.05, 0) is 67.6 Å². The molecule has 4 aromatic rings. The van der Waals surface area contributed by atoms with Crippen LogP contribution in [0, 0.1) is 13.8 Å². The molecule has 2 N–H and O–H groups in total. The molecule has 2 amide bonds. The smallest absolute Gasteiger partial charge is 0.322 e. The van der Waals surface area contributed by atoms with Gasteiger partial charge in [0.05, 0.1) is 31.6 Å². The van der Waals surface area contributed by atoms with Crippen LogP contribution in [0.5, 0.6) is 11.5 Å². The third-order valence-corrected chi connectivity index (χ3v) is 7.58. The van der Waals surface area contributed by atoms with Gasteiger partial charge >= 0.3 is 5.97 Å². The Morgan fingerprint density at radius 3 is 2.73 bits per heavy atom. The third-order valence-electron chi connectivity index (χ3n) is 7.58. The second kappa shape index (κ2) is 13.9. The van der Waals surface area contributed by atoms with Crippen LogP contribution in [-0.2, 0) is 16.1 Å². The number of carbonyl (C=O) groups excluding carboxylic acids is 2. The minimum atomic E-state index is -1.10. The molecule has 0 saturated heterocycles. The van der Waals surface area contributed by atoms with Crippen molar-refractivity contribution in [3.63, 3.8) is 0 Å². The summed E-state index contributed by atoms with van der Waals surface area (Å²) in [7, 11) is 0. The van der Waals surface area contributed by atoms with Gasteiger partial charge in [-0.15, -0.1) is 0 Å². The number of aryl methyl sites for hydroxylation is 1. The summed E-state index contributed by atoms with van der Waals surface area (Å²) in [5.74, 6) is -0.0203. The summed E-state index contributed by atoms with van der Waals surface area (Å²) < 4.78 is 13.9. The molecule has 0 radical (unpaired) electrons. The number of fused-ring (bicyclic) bond motifs is 1. The number of anilines is 1. The highest BCUT2D eigenvalue weighted by atomic mass is 16.5. The minimum Gasteiger partial charge on any atom is -0.493 e. The van der Waals surface area contributed by atoms with E-state index in [1.165, 1.54) is 5.56 Å². The fourth-order valence-electron chi connectivity index (χ4n) is 5.16. The topological polar surface area (TPSA) is 123 Å². The molecular formula is C34H36N4O6. The van der Waals surface area contributed by atoms with Crippen molar-refractivity contribution in [2.24, 2.45) is 0 Å². The number of carbonyl (C=O) groups is 3. The summed E-state index contributed by atoms with van der Waals surface area (Å²) in [6, 6.07) is 18.8. The Hall–Kier alpha value is -5.12. The van der Waals surface area contributed by atoms with E-state index in [1.807, 2.05) is 54.4 Å². The van der Waals surface area contributed by atoms with Crippen LogP contribution in [0.4, 0.5) is 5.69 Å². The lowest BCUT2D eigenvalue weighted by atomic mass is 10.1. The lowest BCUT2D eigenvalue weighted by Crippen LogP contribution is -2.31. The van der Waals surface area contributed by atoms with Gasteiger partial charge in [-0.25, -0.2) is 0 Å². The number of nitrogens with one attached hydrogen (secondary N) is 1. The zero-order valence-corrected chi connectivity index (χ0v) is 24.9. The lowest BCUT2D eigenvalue weighted by Gasteiger charge is -2.23. The highest BCUT2D eigenvalue weighted by molar-refractivity contribution is 5.97. The molecule has 2 heterocycles. The molecule has 0 bridgehead atoms. The molecule has 228 valence electrons. The van der Waals surface area contributed by atoms with Crippen molar-refractivity contribution in [1.29, 1.82) is 0 Å². The molecule has 0 unspecified atom stereocenters. The summed E-state index contributed by atoms with van der Waals surface area (Å²) in [5.41, 5.74) is 5.93. The lowest BCUT2D eigenvalue weighted by molar-refractivity contribution is -0.135. The van der Waals surface area contributed by atoms with E-state index in [1.54, 1.807) is 29.1 Å². The van der Waals surface area contributed by atoms with E-state index in [-0.39, 0.29) is 5.91 Å². The second-order valence-electron chi connectivity index (χ2n) is 10.8. The van der Waals surface area contributed by atoms with Crippen molar-refractivity contribution >= 4 is 23.5 Å². The molecule has 0 fully saturated rings. The SMILES string of the molecule is Cc1cccc(OCCCC(=O)N2CCCOc3c(-c4cnn(Cc5cccc(C(=O)NCC(=O)O)c5)c4)cccc32)c1C. The Balaban J connectivity index is 1.26. The number of carboxylic acids is 1. The fraction of sp³-hybridized carbons (Fsp3) is 0.294. The molecule has 1 aliphatic rings. The molecule has 1 aliphatic heterocycles. The van der Waals surface area contributed by atoms with Crippen LogP contribution in [0.15, 0.2) is 73.1 Å². The van der Waals surface area contributed by atoms with Gasteiger partial charge in [0, 0.05) is 35.9 Å². The number of aliphatic carboxylic acids is 1. The second-order valence-corrected chi connectivity index (χ2v) is 10.8. The number of carboxylic acid groups (broad SMARTS) is 1. The van der Waals surface area contributed by atoms with Crippen LogP contribution in [0.3, 0.4) is 0 Å². The predicted octanol–water partition coefficient (Wildman–Crippen LogP) is 5.00. The Morgan fingerprint density at radius 1 is 1.07 bits per heavy atom. The molecule has 1 aromatic heterocycles. The first kappa shape index (κ1) is 30.3. The van der Waals surface area contributed by atoms with Gasteiger partial charge in [0.15, 0.2) is 5.75 Å². The van der Waals surface area contributed by atoms with Crippen LogP contribution < -0.4 is 19.7 Å². The largest absolute Gasteiger partial charge is 0.493 e. The summed E-state index contributed by atoms with van der Waals surface area (Å²) in [6.45, 7) is 5.58. The predicted molar refractivity (Wildman–Crippen MR) is 166 cm³/mol. The number of ether oxygens (including phenoxy) is 2. The van der Waals surface area contributed by atoms with Crippen molar-refractivity contribution in [3.8, 4) is 22.6 Å². The van der Waals surface area contributed by atoms with E-state index in [0.717, 1.165) is 33.7 Å². The Morgan fingerprint density at radius 2 is 1.89 bits per heavy atom. The zero-order chi connectivity index (χ0) is 31.1. The monoisotopic (exact) mass is 596 g/mol. The molecule has 44 heavy (non-hydrogen) atoms. The molecule has 0 aliphatic carbocycles. The highest BCUT2D eigenvalue weighted by Crippen LogP contribution is 2.40. The first-order chi connectivity index (χ1) is 21.3. The number of hydrogen-bond acceptors (Lipinski definition) is 6. The Labute approximate surface area is 256 Å². The molecule has 10 nitrogen and oxygen atoms in total. The van der Waals surface area contributed by atoms with E-state index < -0.39 is 18.4 Å². The van der Waals surface area contributed by atoms with Crippen molar-refractivity contribution in [3.05, 3.63) is 95.3 Å². The van der Waals surface area contributed by atoms with Gasteiger partial charge in [0.1, 0.15) is 12.3 Å². The van der Waals surface area contributed by atoms with Crippen molar-refractivity contribution in [2.45, 2.75) is 39.7 Å². The van der Waals surface area contributed by atoms with Gasteiger partial charge in [-0.3, -0.25) is 19.1 Å². The minimum absolute atomic E-state index is 0.0291. The van der Waals surface area contributed by atoms with Crippen LogP contribution in [-0.4, -0.2) is 59.0 Å². The Kier molecular flexibility index (Phi) is 9.59. The maximum absolute atomic E-state index is 13.4. The molecule has 0 saturated carbocycles. The maximum Gasteiger partial charge on any atom is 0.322 e. The molecule has 0 spiro atoms. The quantitative estimate of drug-likeness (QED) is 0.234. The molecule has 0 atom stereocenters. The van der Waals surface area contributed by atoms with Gasteiger partial charge in [0.2, 0.25) is 5.91 Å². The van der Waals surface area contributed by atoms with E-state index in [2.05, 4.69) is 23.4 Å². The first-order valence-electron chi connectivity index (χ1n) is 14.7. The summed E-state index contributed by atoms with van der Waals surface area (Å²) in [6.07, 6.45) is 5.34. The van der Waals surface area contributed by atoms with Crippen molar-refractivity contribution in [1.82, 2.24) is 15.1 Å². The number of rotatable bonds is 11. The van der Waals surface area contributed by atoms with Gasteiger partial charge in [-0.2, -0.15) is 5.10 Å². The first-order valence-corrected chi connectivity index (χ1v) is 14.7. The van der Waals surface area contributed by atoms with Crippen LogP contribution in [0.1, 0.15) is 46.3 Å². The van der Waals surface area contributed by atoms with Gasteiger partial charge in [-0.1, -0.05) is 36.4 Å². The van der Waals surface area contributed by atoms with Crippen molar-refractivity contribution in [2.75, 3.05) is 31.2 Å². The standard InChI is InChI=1S/C34H36N4O6/c1-23-8-3-13-30(24(23)2)43-16-6-14-31(39)38-15-7-17-44-33-28(11-5-12-29(33)38)27-19-36-37(22-27)21-25-9-4-10-26(18-25)34(42)35-20-32(40)41/h3-5,8-13,18-19,22H,6-7,14-17,20-21H2,1-2H3,(H,35,42)(H,40,41). The normalized spacial score (nSPS) is 12.5. The molecular weight excluding hydrogens is 560 g/mol. The van der Waals surface area contributed by atoms with Gasteiger partial charge in [0.25, 0.3) is 5.91 Å². The van der Waals surface area contributed by atoms with Crippen molar-refractivity contribution < 1.29 is 29.0 Å². The van der Waals surface area contributed by atoms with Crippen LogP contribution in [0.2, 0.25) is 0 Å². The molecule has 10 heteroatoms. The number of nitrogens with zero attached hydrogens (tertiary/aromatic N) is 3. The number of para-hydroxylation sites is 1. The van der Waals surface area contributed by atoms with Gasteiger partial charge < -0.3 is 24.8 Å². The molecule has 5 rings (SSSR count). The third kappa shape index (κ3) is 7.26. The van der Waals surface area contributed by atoms with E-state index in [4.69, 9.17) is 14.6 Å². The summed E-state index contributed by atoms with van der Waals surface area (Å²) >= 11 is 0. The van der Waals surface area contributed by atoms with E-state index in [0.29, 0.717) is 56.9 Å². The summed E-state index contributed by atoms with van der Waals surface area (Å²) in [4.78, 5) is 38.3. The van der Waals surface area contributed by atoms with E-state index in [9.17, 15) is 14.4 Å². The number of amides is 2. The Bertz CT molecular complexity index is 1660. The number of aromatic nitrogens is 2. The number of benzene rings is 3. The average Bonchev–Trinajstić information content (AvgIpc) is 3.36. The zero-order valence-electron chi connectivity index (χ0n) is 24.9. The maximum atomic E-state index is 13.4.